The minimum absolute atomic E-state index is 0.631. The molecular formula is C16H17Br2NO2. The van der Waals surface area contributed by atoms with Crippen LogP contribution in [0.2, 0.25) is 0 Å². The van der Waals surface area contributed by atoms with Crippen molar-refractivity contribution in [3.8, 4) is 11.5 Å². The fourth-order valence-corrected chi connectivity index (χ4v) is 3.41. The minimum atomic E-state index is 0.631. The molecule has 0 aliphatic carbocycles. The maximum absolute atomic E-state index is 5.72. The highest BCUT2D eigenvalue weighted by molar-refractivity contribution is 9.11. The van der Waals surface area contributed by atoms with Gasteiger partial charge in [0, 0.05) is 28.3 Å². The summed E-state index contributed by atoms with van der Waals surface area (Å²) in [4.78, 5) is 0. The van der Waals surface area contributed by atoms with Gasteiger partial charge in [0.15, 0.2) is 0 Å². The smallest absolute Gasteiger partial charge is 0.138 e. The Morgan fingerprint density at radius 3 is 2.67 bits per heavy atom. The Kier molecular flexibility index (Phi) is 5.94. The lowest BCUT2D eigenvalue weighted by Gasteiger charge is -2.14. The highest BCUT2D eigenvalue weighted by Crippen LogP contribution is 2.33. The van der Waals surface area contributed by atoms with Crippen molar-refractivity contribution < 1.29 is 9.47 Å². The van der Waals surface area contributed by atoms with Crippen LogP contribution in [0.3, 0.4) is 0 Å². The monoisotopic (exact) mass is 413 g/mol. The van der Waals surface area contributed by atoms with Gasteiger partial charge in [-0.2, -0.15) is 0 Å². The molecule has 0 spiro atoms. The van der Waals surface area contributed by atoms with Crippen LogP contribution in [0.5, 0.6) is 11.5 Å². The molecule has 0 amide bonds. The van der Waals surface area contributed by atoms with Gasteiger partial charge in [-0.3, -0.25) is 0 Å². The van der Waals surface area contributed by atoms with Gasteiger partial charge in [-0.15, -0.1) is 0 Å². The number of halogens is 2. The Hall–Kier alpha value is -1.20. The van der Waals surface area contributed by atoms with E-state index in [4.69, 9.17) is 9.47 Å². The molecule has 21 heavy (non-hydrogen) atoms. The Balaban J connectivity index is 2.18. The predicted molar refractivity (Wildman–Crippen MR) is 93.3 cm³/mol. The average Bonchev–Trinajstić information content (AvgIpc) is 2.48. The third kappa shape index (κ3) is 4.38. The highest BCUT2D eigenvalue weighted by Gasteiger charge is 2.10. The van der Waals surface area contributed by atoms with Crippen LogP contribution in [0.15, 0.2) is 45.3 Å². The van der Waals surface area contributed by atoms with E-state index in [9.17, 15) is 0 Å². The van der Waals surface area contributed by atoms with Crippen molar-refractivity contribution in [2.24, 2.45) is 0 Å². The summed E-state index contributed by atoms with van der Waals surface area (Å²) in [5.41, 5.74) is 2.09. The third-order valence-corrected chi connectivity index (χ3v) is 3.97. The summed E-state index contributed by atoms with van der Waals surface area (Å²) in [7, 11) is 1.66. The number of nitrogens with one attached hydrogen (secondary N) is 1. The fourth-order valence-electron chi connectivity index (χ4n) is 1.98. The molecule has 0 aliphatic heterocycles. The van der Waals surface area contributed by atoms with Gasteiger partial charge in [0.1, 0.15) is 11.5 Å². The Morgan fingerprint density at radius 2 is 1.95 bits per heavy atom. The van der Waals surface area contributed by atoms with Gasteiger partial charge in [-0.25, -0.2) is 0 Å². The molecule has 0 saturated heterocycles. The van der Waals surface area contributed by atoms with Crippen molar-refractivity contribution in [1.29, 1.82) is 0 Å². The summed E-state index contributed by atoms with van der Waals surface area (Å²) in [6.07, 6.45) is 0. The zero-order valence-electron chi connectivity index (χ0n) is 12.0. The van der Waals surface area contributed by atoms with Gasteiger partial charge < -0.3 is 14.8 Å². The standard InChI is InChI=1S/C16H17Br2NO2/c1-3-21-16-11(7-12(17)8-15(16)18)10-19-13-5-4-6-14(9-13)20-2/h4-9,19H,3,10H2,1-2H3. The first-order chi connectivity index (χ1) is 10.1. The first-order valence-corrected chi connectivity index (χ1v) is 8.21. The van der Waals surface area contributed by atoms with Crippen LogP contribution in [0.4, 0.5) is 5.69 Å². The molecule has 2 rings (SSSR count). The van der Waals surface area contributed by atoms with Gasteiger partial charge >= 0.3 is 0 Å². The SMILES string of the molecule is CCOc1c(Br)cc(Br)cc1CNc1cccc(OC)c1. The number of rotatable bonds is 6. The predicted octanol–water partition coefficient (Wildman–Crippen LogP) is 5.23. The Morgan fingerprint density at radius 1 is 1.14 bits per heavy atom. The van der Waals surface area contributed by atoms with Crippen LogP contribution in [0.25, 0.3) is 0 Å². The van der Waals surface area contributed by atoms with Crippen molar-refractivity contribution in [2.45, 2.75) is 13.5 Å². The number of anilines is 1. The number of hydrogen-bond donors (Lipinski definition) is 1. The van der Waals surface area contributed by atoms with E-state index in [1.54, 1.807) is 7.11 Å². The van der Waals surface area contributed by atoms with Crippen LogP contribution in [-0.4, -0.2) is 13.7 Å². The number of ether oxygens (including phenoxy) is 2. The summed E-state index contributed by atoms with van der Waals surface area (Å²) in [6, 6.07) is 11.9. The van der Waals surface area contributed by atoms with E-state index in [1.807, 2.05) is 37.3 Å². The molecule has 0 saturated carbocycles. The molecule has 0 atom stereocenters. The first kappa shape index (κ1) is 16.2. The van der Waals surface area contributed by atoms with Crippen LogP contribution in [0, 0.1) is 0 Å². The largest absolute Gasteiger partial charge is 0.497 e. The van der Waals surface area contributed by atoms with E-state index in [2.05, 4.69) is 43.2 Å². The molecule has 5 heteroatoms. The van der Waals surface area contributed by atoms with Crippen LogP contribution in [0.1, 0.15) is 12.5 Å². The Bertz CT molecular complexity index is 617. The molecule has 112 valence electrons. The van der Waals surface area contributed by atoms with E-state index in [1.165, 1.54) is 0 Å². The van der Waals surface area contributed by atoms with Gasteiger partial charge in [0.05, 0.1) is 18.2 Å². The molecule has 1 N–H and O–H groups in total. The quantitative estimate of drug-likeness (QED) is 0.701. The second-order valence-electron chi connectivity index (χ2n) is 4.39. The van der Waals surface area contributed by atoms with Crippen molar-refractivity contribution in [2.75, 3.05) is 19.0 Å². The van der Waals surface area contributed by atoms with E-state index in [-0.39, 0.29) is 0 Å². The summed E-state index contributed by atoms with van der Waals surface area (Å²) in [5.74, 6) is 1.71. The minimum Gasteiger partial charge on any atom is -0.497 e. The maximum Gasteiger partial charge on any atom is 0.138 e. The molecular weight excluding hydrogens is 398 g/mol. The maximum atomic E-state index is 5.72. The first-order valence-electron chi connectivity index (χ1n) is 6.62. The molecule has 0 aromatic heterocycles. The summed E-state index contributed by atoms with van der Waals surface area (Å²) in [5, 5.41) is 3.39. The van der Waals surface area contributed by atoms with Crippen molar-refractivity contribution in [3.63, 3.8) is 0 Å². The normalized spacial score (nSPS) is 10.3. The zero-order valence-corrected chi connectivity index (χ0v) is 15.1. The number of benzene rings is 2. The molecule has 0 bridgehead atoms. The van der Waals surface area contributed by atoms with Gasteiger partial charge in [0.25, 0.3) is 0 Å². The molecule has 0 fully saturated rings. The molecule has 2 aromatic carbocycles. The zero-order chi connectivity index (χ0) is 15.2. The van der Waals surface area contributed by atoms with E-state index in [0.717, 1.165) is 31.7 Å². The summed E-state index contributed by atoms with van der Waals surface area (Å²) < 4.78 is 12.9. The van der Waals surface area contributed by atoms with Crippen LogP contribution in [-0.2, 0) is 6.54 Å². The summed E-state index contributed by atoms with van der Waals surface area (Å²) in [6.45, 7) is 3.28. The van der Waals surface area contributed by atoms with Crippen molar-refractivity contribution in [3.05, 3.63) is 50.9 Å². The number of methoxy groups -OCH3 is 1. The van der Waals surface area contributed by atoms with Gasteiger partial charge in [-0.1, -0.05) is 22.0 Å². The second-order valence-corrected chi connectivity index (χ2v) is 6.16. The molecule has 0 radical (unpaired) electrons. The van der Waals surface area contributed by atoms with E-state index in [0.29, 0.717) is 13.2 Å². The lowest BCUT2D eigenvalue weighted by Crippen LogP contribution is -2.04. The van der Waals surface area contributed by atoms with Gasteiger partial charge in [0.2, 0.25) is 0 Å². The van der Waals surface area contributed by atoms with Crippen LogP contribution < -0.4 is 14.8 Å². The molecule has 2 aromatic rings. The topological polar surface area (TPSA) is 30.5 Å². The van der Waals surface area contributed by atoms with Gasteiger partial charge in [-0.05, 0) is 47.1 Å². The highest BCUT2D eigenvalue weighted by atomic mass is 79.9. The lowest BCUT2D eigenvalue weighted by molar-refractivity contribution is 0.334. The molecule has 0 unspecified atom stereocenters. The van der Waals surface area contributed by atoms with Crippen molar-refractivity contribution in [1.82, 2.24) is 0 Å². The molecule has 0 heterocycles. The Labute approximate surface area is 141 Å². The third-order valence-electron chi connectivity index (χ3n) is 2.93. The second kappa shape index (κ2) is 7.71. The number of hydrogen-bond acceptors (Lipinski definition) is 3. The summed E-state index contributed by atoms with van der Waals surface area (Å²) >= 11 is 7.06. The molecule has 3 nitrogen and oxygen atoms in total. The molecule has 0 aliphatic rings. The van der Waals surface area contributed by atoms with Crippen molar-refractivity contribution >= 4 is 37.5 Å². The van der Waals surface area contributed by atoms with Crippen LogP contribution >= 0.6 is 31.9 Å². The van der Waals surface area contributed by atoms with E-state index < -0.39 is 0 Å². The lowest BCUT2D eigenvalue weighted by atomic mass is 10.2. The fraction of sp³-hybridized carbons (Fsp3) is 0.250. The average molecular weight is 415 g/mol. The van der Waals surface area contributed by atoms with E-state index >= 15 is 0 Å².